The van der Waals surface area contributed by atoms with Gasteiger partial charge in [0.05, 0.1) is 12.1 Å². The van der Waals surface area contributed by atoms with Crippen molar-refractivity contribution in [1.29, 1.82) is 0 Å². The lowest BCUT2D eigenvalue weighted by Gasteiger charge is -2.45. The highest BCUT2D eigenvalue weighted by Gasteiger charge is 2.48. The smallest absolute Gasteiger partial charge is 0.422 e. The third-order valence-electron chi connectivity index (χ3n) is 5.75. The number of alkyl halides is 3. The normalized spacial score (nSPS) is 17.6. The molecule has 2 aliphatic heterocycles. The highest BCUT2D eigenvalue weighted by Crippen LogP contribution is 2.37. The van der Waals surface area contributed by atoms with Crippen LogP contribution in [0.15, 0.2) is 42.6 Å². The van der Waals surface area contributed by atoms with Gasteiger partial charge < -0.3 is 24.6 Å². The first-order valence-electron chi connectivity index (χ1n) is 11.3. The monoisotopic (exact) mass is 506 g/mol. The molecule has 0 aliphatic carbocycles. The molecule has 192 valence electrons. The van der Waals surface area contributed by atoms with E-state index < -0.39 is 30.8 Å². The average molecular weight is 506 g/mol. The second-order valence-electron chi connectivity index (χ2n) is 8.82. The summed E-state index contributed by atoms with van der Waals surface area (Å²) in [4.78, 5) is 45.3. The lowest BCUT2D eigenvalue weighted by Crippen LogP contribution is -2.63. The molecule has 3 amide bonds. The van der Waals surface area contributed by atoms with Crippen LogP contribution in [0.5, 0.6) is 5.88 Å². The summed E-state index contributed by atoms with van der Waals surface area (Å²) in [5.74, 6) is -0.899. The standard InChI is InChI=1S/C24H25F3N4O5/c1-14(2)36-23(34)30-11-16(12-30)31-20(17-5-3-4-6-18(17)22(31)33)21(32)29-10-15-7-8-19(28-9-15)35-13-24(25,26)27/h3-9,14,16,20H,10-13H2,1-2H3,(H,29,32). The summed E-state index contributed by atoms with van der Waals surface area (Å²) >= 11 is 0. The topological polar surface area (TPSA) is 101 Å². The van der Waals surface area contributed by atoms with Gasteiger partial charge in [0.2, 0.25) is 11.8 Å². The molecule has 2 aromatic rings. The van der Waals surface area contributed by atoms with Crippen LogP contribution in [0, 0.1) is 0 Å². The second-order valence-corrected chi connectivity index (χ2v) is 8.82. The molecule has 1 unspecified atom stereocenters. The average Bonchev–Trinajstić information content (AvgIpc) is 3.07. The number of nitrogens with zero attached hydrogens (tertiary/aromatic N) is 3. The van der Waals surface area contributed by atoms with Crippen molar-refractivity contribution >= 4 is 17.9 Å². The number of pyridine rings is 1. The van der Waals surface area contributed by atoms with Crippen molar-refractivity contribution in [3.8, 4) is 5.88 Å². The Bertz CT molecular complexity index is 1130. The van der Waals surface area contributed by atoms with E-state index in [1.165, 1.54) is 28.1 Å². The molecule has 1 fully saturated rings. The number of halogens is 3. The highest BCUT2D eigenvalue weighted by atomic mass is 19.4. The number of amides is 3. The first kappa shape index (κ1) is 25.3. The minimum atomic E-state index is -4.47. The number of likely N-dealkylation sites (tertiary alicyclic amines) is 1. The summed E-state index contributed by atoms with van der Waals surface area (Å²) in [5.41, 5.74) is 1.53. The first-order chi connectivity index (χ1) is 17.0. The van der Waals surface area contributed by atoms with Gasteiger partial charge in [0.15, 0.2) is 6.61 Å². The molecule has 3 heterocycles. The molecule has 1 N–H and O–H groups in total. The van der Waals surface area contributed by atoms with Gasteiger partial charge in [0, 0.05) is 37.5 Å². The van der Waals surface area contributed by atoms with Crippen LogP contribution in [0.4, 0.5) is 18.0 Å². The largest absolute Gasteiger partial charge is 0.468 e. The fourth-order valence-electron chi connectivity index (χ4n) is 4.08. The number of carbonyl (C=O) groups excluding carboxylic acids is 3. The van der Waals surface area contributed by atoms with Gasteiger partial charge in [-0.3, -0.25) is 9.59 Å². The van der Waals surface area contributed by atoms with Gasteiger partial charge in [-0.25, -0.2) is 9.78 Å². The number of rotatable bonds is 7. The van der Waals surface area contributed by atoms with Gasteiger partial charge in [-0.05, 0) is 31.0 Å². The Hall–Kier alpha value is -3.83. The van der Waals surface area contributed by atoms with Gasteiger partial charge in [-0.15, -0.1) is 0 Å². The van der Waals surface area contributed by atoms with Crippen LogP contribution in [0.25, 0.3) is 0 Å². The van der Waals surface area contributed by atoms with Crippen LogP contribution < -0.4 is 10.1 Å². The van der Waals surface area contributed by atoms with E-state index in [0.29, 0.717) is 16.7 Å². The van der Waals surface area contributed by atoms with Crippen molar-refractivity contribution in [1.82, 2.24) is 20.1 Å². The van der Waals surface area contributed by atoms with E-state index in [2.05, 4.69) is 15.0 Å². The number of hydrogen-bond acceptors (Lipinski definition) is 6. The van der Waals surface area contributed by atoms with Gasteiger partial charge in [-0.1, -0.05) is 24.3 Å². The zero-order chi connectivity index (χ0) is 26.0. The van der Waals surface area contributed by atoms with E-state index in [9.17, 15) is 27.6 Å². The van der Waals surface area contributed by atoms with Gasteiger partial charge in [0.25, 0.3) is 5.91 Å². The van der Waals surface area contributed by atoms with E-state index in [0.717, 1.165) is 0 Å². The minimum Gasteiger partial charge on any atom is -0.468 e. The number of aromatic nitrogens is 1. The SMILES string of the molecule is CC(C)OC(=O)N1CC(N2C(=O)c3ccccc3C2C(=O)NCc2ccc(OCC(F)(F)F)nc2)C1. The van der Waals surface area contributed by atoms with Crippen molar-refractivity contribution < 1.29 is 37.0 Å². The Labute approximate surface area is 205 Å². The number of fused-ring (bicyclic) bond motifs is 1. The molecule has 1 saturated heterocycles. The molecule has 1 aromatic carbocycles. The lowest BCUT2D eigenvalue weighted by atomic mass is 10.0. The maximum atomic E-state index is 13.2. The summed E-state index contributed by atoms with van der Waals surface area (Å²) in [6, 6.07) is 8.38. The molecule has 1 aromatic heterocycles. The van der Waals surface area contributed by atoms with Crippen molar-refractivity contribution in [2.45, 2.75) is 44.8 Å². The third-order valence-corrected chi connectivity index (χ3v) is 5.75. The number of nitrogens with one attached hydrogen (secondary N) is 1. The molecule has 4 rings (SSSR count). The molecule has 1 atom stereocenters. The van der Waals surface area contributed by atoms with E-state index in [1.54, 1.807) is 38.1 Å². The number of carbonyl (C=O) groups is 3. The first-order valence-corrected chi connectivity index (χ1v) is 11.3. The molecule has 2 aliphatic rings. The van der Waals surface area contributed by atoms with Crippen molar-refractivity contribution in [3.63, 3.8) is 0 Å². The molecule has 12 heteroatoms. The molecular weight excluding hydrogens is 481 g/mol. The molecular formula is C24H25F3N4O5. The number of hydrogen-bond donors (Lipinski definition) is 1. The Morgan fingerprint density at radius 2 is 1.89 bits per heavy atom. The molecule has 0 bridgehead atoms. The summed E-state index contributed by atoms with van der Waals surface area (Å²) in [6.45, 7) is 2.58. The Morgan fingerprint density at radius 3 is 2.53 bits per heavy atom. The van der Waals surface area contributed by atoms with Crippen molar-refractivity contribution in [3.05, 3.63) is 59.3 Å². The fourth-order valence-corrected chi connectivity index (χ4v) is 4.08. The zero-order valence-electron chi connectivity index (χ0n) is 19.6. The van der Waals surface area contributed by atoms with Crippen LogP contribution in [-0.2, 0) is 16.1 Å². The molecule has 0 spiro atoms. The quantitative estimate of drug-likeness (QED) is 0.620. The minimum absolute atomic E-state index is 0.0452. The van der Waals surface area contributed by atoms with Crippen LogP contribution in [0.3, 0.4) is 0 Å². The molecule has 36 heavy (non-hydrogen) atoms. The highest BCUT2D eigenvalue weighted by molar-refractivity contribution is 6.05. The van der Waals surface area contributed by atoms with Crippen LogP contribution in [0.1, 0.15) is 41.4 Å². The van der Waals surface area contributed by atoms with E-state index in [-0.39, 0.29) is 43.6 Å². The molecule has 0 saturated carbocycles. The summed E-state index contributed by atoms with van der Waals surface area (Å²) in [7, 11) is 0. The Balaban J connectivity index is 1.42. The third kappa shape index (κ3) is 5.52. The van der Waals surface area contributed by atoms with Crippen LogP contribution >= 0.6 is 0 Å². The van der Waals surface area contributed by atoms with E-state index >= 15 is 0 Å². The van der Waals surface area contributed by atoms with Gasteiger partial charge >= 0.3 is 12.3 Å². The maximum Gasteiger partial charge on any atom is 0.422 e. The summed E-state index contributed by atoms with van der Waals surface area (Å²) in [5, 5.41) is 2.77. The van der Waals surface area contributed by atoms with Crippen LogP contribution in [0.2, 0.25) is 0 Å². The van der Waals surface area contributed by atoms with Crippen LogP contribution in [-0.4, -0.2) is 70.7 Å². The zero-order valence-corrected chi connectivity index (χ0v) is 19.6. The fraction of sp³-hybridized carbons (Fsp3) is 0.417. The van der Waals surface area contributed by atoms with E-state index in [4.69, 9.17) is 4.74 Å². The lowest BCUT2D eigenvalue weighted by molar-refractivity contribution is -0.154. The predicted octanol–water partition coefficient (Wildman–Crippen LogP) is 3.07. The van der Waals surface area contributed by atoms with E-state index in [1.807, 2.05) is 0 Å². The second kappa shape index (κ2) is 10.0. The maximum absolute atomic E-state index is 13.2. The van der Waals surface area contributed by atoms with Gasteiger partial charge in [0.1, 0.15) is 6.04 Å². The van der Waals surface area contributed by atoms with Gasteiger partial charge in [-0.2, -0.15) is 13.2 Å². The Kier molecular flexibility index (Phi) is 7.04. The number of ether oxygens (including phenoxy) is 2. The number of benzene rings is 1. The molecule has 9 nitrogen and oxygen atoms in total. The van der Waals surface area contributed by atoms with Crippen molar-refractivity contribution in [2.75, 3.05) is 19.7 Å². The summed E-state index contributed by atoms with van der Waals surface area (Å²) in [6.07, 6.45) is -3.91. The predicted molar refractivity (Wildman–Crippen MR) is 120 cm³/mol. The van der Waals surface area contributed by atoms with Crippen molar-refractivity contribution in [2.24, 2.45) is 0 Å². The molecule has 0 radical (unpaired) electrons. The summed E-state index contributed by atoms with van der Waals surface area (Å²) < 4.78 is 46.6. The Morgan fingerprint density at radius 1 is 1.17 bits per heavy atom.